The summed E-state index contributed by atoms with van der Waals surface area (Å²) in [5.41, 5.74) is 0. The highest BCUT2D eigenvalue weighted by atomic mass is 15.1. The molecule has 0 radical (unpaired) electrons. The van der Waals surface area contributed by atoms with Crippen molar-refractivity contribution in [2.75, 3.05) is 17.2 Å². The largest absolute Gasteiger partial charge is 0.370 e. The zero-order valence-corrected chi connectivity index (χ0v) is 13.0. The predicted octanol–water partition coefficient (Wildman–Crippen LogP) is 3.71. The SMILES string of the molecule is CCCc1nc(NCC)cc(NC(C)CC(C)C)n1. The van der Waals surface area contributed by atoms with Gasteiger partial charge in [-0.25, -0.2) is 9.97 Å². The van der Waals surface area contributed by atoms with E-state index in [-0.39, 0.29) is 0 Å². The lowest BCUT2D eigenvalue weighted by molar-refractivity contribution is 0.538. The van der Waals surface area contributed by atoms with Crippen LogP contribution in [0.15, 0.2) is 6.07 Å². The van der Waals surface area contributed by atoms with Crippen LogP contribution in [-0.4, -0.2) is 22.6 Å². The van der Waals surface area contributed by atoms with Crippen molar-refractivity contribution in [2.45, 2.75) is 59.9 Å². The molecule has 1 aromatic rings. The van der Waals surface area contributed by atoms with Gasteiger partial charge in [0.05, 0.1) is 0 Å². The van der Waals surface area contributed by atoms with Crippen LogP contribution in [0, 0.1) is 5.92 Å². The van der Waals surface area contributed by atoms with Gasteiger partial charge in [0.25, 0.3) is 0 Å². The van der Waals surface area contributed by atoms with E-state index in [1.54, 1.807) is 0 Å². The second kappa shape index (κ2) is 7.97. The van der Waals surface area contributed by atoms with Crippen molar-refractivity contribution >= 4 is 11.6 Å². The fourth-order valence-corrected chi connectivity index (χ4v) is 2.20. The Kier molecular flexibility index (Phi) is 6.60. The first-order valence-corrected chi connectivity index (χ1v) is 7.43. The van der Waals surface area contributed by atoms with Crippen LogP contribution in [0.3, 0.4) is 0 Å². The molecule has 1 aromatic heterocycles. The van der Waals surface area contributed by atoms with Gasteiger partial charge in [-0.1, -0.05) is 20.8 Å². The molecule has 0 spiro atoms. The highest BCUT2D eigenvalue weighted by Crippen LogP contribution is 2.15. The molecule has 0 aliphatic rings. The highest BCUT2D eigenvalue weighted by Gasteiger charge is 2.08. The molecule has 1 heterocycles. The minimum absolute atomic E-state index is 0.429. The maximum Gasteiger partial charge on any atom is 0.133 e. The second-order valence-electron chi connectivity index (χ2n) is 5.51. The highest BCUT2D eigenvalue weighted by molar-refractivity contribution is 5.48. The van der Waals surface area contributed by atoms with E-state index in [1.165, 1.54) is 0 Å². The van der Waals surface area contributed by atoms with E-state index in [9.17, 15) is 0 Å². The number of aryl methyl sites for hydroxylation is 1. The summed E-state index contributed by atoms with van der Waals surface area (Å²) >= 11 is 0. The lowest BCUT2D eigenvalue weighted by atomic mass is 10.1. The molecule has 1 unspecified atom stereocenters. The summed E-state index contributed by atoms with van der Waals surface area (Å²) in [6.07, 6.45) is 3.13. The maximum absolute atomic E-state index is 4.59. The van der Waals surface area contributed by atoms with Crippen molar-refractivity contribution in [1.82, 2.24) is 9.97 Å². The van der Waals surface area contributed by atoms with E-state index in [0.29, 0.717) is 12.0 Å². The van der Waals surface area contributed by atoms with Crippen LogP contribution in [0.5, 0.6) is 0 Å². The van der Waals surface area contributed by atoms with Gasteiger partial charge in [0.1, 0.15) is 17.5 Å². The third-order valence-corrected chi connectivity index (χ3v) is 2.82. The smallest absolute Gasteiger partial charge is 0.133 e. The maximum atomic E-state index is 4.59. The van der Waals surface area contributed by atoms with Crippen molar-refractivity contribution in [1.29, 1.82) is 0 Å². The van der Waals surface area contributed by atoms with Crippen LogP contribution >= 0.6 is 0 Å². The minimum atomic E-state index is 0.429. The summed E-state index contributed by atoms with van der Waals surface area (Å²) in [6.45, 7) is 11.8. The van der Waals surface area contributed by atoms with Gasteiger partial charge < -0.3 is 10.6 Å². The number of nitrogens with zero attached hydrogens (tertiary/aromatic N) is 2. The molecule has 4 nitrogen and oxygen atoms in total. The number of hydrogen-bond donors (Lipinski definition) is 2. The average molecular weight is 264 g/mol. The van der Waals surface area contributed by atoms with Crippen LogP contribution in [0.2, 0.25) is 0 Å². The summed E-state index contributed by atoms with van der Waals surface area (Å²) < 4.78 is 0. The third kappa shape index (κ3) is 5.90. The van der Waals surface area contributed by atoms with Gasteiger partial charge in [-0.15, -0.1) is 0 Å². The Morgan fingerprint density at radius 2 is 1.79 bits per heavy atom. The molecule has 2 N–H and O–H groups in total. The van der Waals surface area contributed by atoms with Crippen LogP contribution < -0.4 is 10.6 Å². The first-order valence-electron chi connectivity index (χ1n) is 7.43. The summed E-state index contributed by atoms with van der Waals surface area (Å²) in [7, 11) is 0. The van der Waals surface area contributed by atoms with Gasteiger partial charge in [0.15, 0.2) is 0 Å². The first-order chi connectivity index (χ1) is 9.05. The van der Waals surface area contributed by atoms with Crippen LogP contribution in [-0.2, 0) is 6.42 Å². The number of rotatable bonds is 8. The Labute approximate surface area is 117 Å². The predicted molar refractivity (Wildman–Crippen MR) is 82.7 cm³/mol. The normalized spacial score (nSPS) is 12.5. The molecule has 0 aromatic carbocycles. The molecule has 0 bridgehead atoms. The lowest BCUT2D eigenvalue weighted by Gasteiger charge is -2.17. The Morgan fingerprint density at radius 1 is 1.11 bits per heavy atom. The molecule has 1 rings (SSSR count). The van der Waals surface area contributed by atoms with Gasteiger partial charge in [-0.05, 0) is 32.6 Å². The number of nitrogens with one attached hydrogen (secondary N) is 2. The molecule has 0 saturated heterocycles. The van der Waals surface area contributed by atoms with Crippen molar-refractivity contribution in [2.24, 2.45) is 5.92 Å². The van der Waals surface area contributed by atoms with Crippen molar-refractivity contribution in [3.05, 3.63) is 11.9 Å². The summed E-state index contributed by atoms with van der Waals surface area (Å²) in [4.78, 5) is 9.11. The van der Waals surface area contributed by atoms with Crippen LogP contribution in [0.25, 0.3) is 0 Å². The van der Waals surface area contributed by atoms with Crippen molar-refractivity contribution in [3.8, 4) is 0 Å². The molecule has 1 atom stereocenters. The van der Waals surface area contributed by atoms with E-state index >= 15 is 0 Å². The van der Waals surface area contributed by atoms with E-state index in [2.05, 4.69) is 55.2 Å². The van der Waals surface area contributed by atoms with Gasteiger partial charge in [-0.2, -0.15) is 0 Å². The van der Waals surface area contributed by atoms with Gasteiger partial charge in [-0.3, -0.25) is 0 Å². The standard InChI is InChI=1S/C15H28N4/c1-6-8-13-18-14(16-7-2)10-15(19-13)17-12(5)9-11(3)4/h10-12H,6-9H2,1-5H3,(H2,16,17,18,19). The van der Waals surface area contributed by atoms with E-state index < -0.39 is 0 Å². The summed E-state index contributed by atoms with van der Waals surface area (Å²) in [5.74, 6) is 3.45. The summed E-state index contributed by atoms with van der Waals surface area (Å²) in [5, 5.41) is 6.75. The number of hydrogen-bond acceptors (Lipinski definition) is 4. The summed E-state index contributed by atoms with van der Waals surface area (Å²) in [6, 6.07) is 2.43. The molecule has 108 valence electrons. The topological polar surface area (TPSA) is 49.8 Å². The molecular formula is C15H28N4. The number of anilines is 2. The fourth-order valence-electron chi connectivity index (χ4n) is 2.20. The van der Waals surface area contributed by atoms with Crippen LogP contribution in [0.1, 0.15) is 53.3 Å². The lowest BCUT2D eigenvalue weighted by Crippen LogP contribution is -2.19. The zero-order chi connectivity index (χ0) is 14.3. The van der Waals surface area contributed by atoms with E-state index in [1.807, 2.05) is 6.07 Å². The second-order valence-corrected chi connectivity index (χ2v) is 5.51. The average Bonchev–Trinajstić information content (AvgIpc) is 2.28. The first kappa shape index (κ1) is 15.7. The Morgan fingerprint density at radius 3 is 2.37 bits per heavy atom. The van der Waals surface area contributed by atoms with Gasteiger partial charge in [0, 0.05) is 25.1 Å². The molecule has 4 heteroatoms. The Bertz CT molecular complexity index is 352. The zero-order valence-electron chi connectivity index (χ0n) is 13.0. The molecule has 19 heavy (non-hydrogen) atoms. The van der Waals surface area contributed by atoms with Gasteiger partial charge >= 0.3 is 0 Å². The van der Waals surface area contributed by atoms with E-state index in [0.717, 1.165) is 43.3 Å². The van der Waals surface area contributed by atoms with Crippen LogP contribution in [0.4, 0.5) is 11.6 Å². The molecule has 0 saturated carbocycles. The monoisotopic (exact) mass is 264 g/mol. The molecule has 0 aliphatic heterocycles. The van der Waals surface area contributed by atoms with Gasteiger partial charge in [0.2, 0.25) is 0 Å². The number of aromatic nitrogens is 2. The minimum Gasteiger partial charge on any atom is -0.370 e. The Balaban J connectivity index is 2.79. The molecular weight excluding hydrogens is 236 g/mol. The fraction of sp³-hybridized carbons (Fsp3) is 0.733. The van der Waals surface area contributed by atoms with Crippen molar-refractivity contribution < 1.29 is 0 Å². The third-order valence-electron chi connectivity index (χ3n) is 2.82. The Hall–Kier alpha value is -1.32. The molecule has 0 fully saturated rings. The van der Waals surface area contributed by atoms with Crippen molar-refractivity contribution in [3.63, 3.8) is 0 Å². The molecule has 0 amide bonds. The van der Waals surface area contributed by atoms with E-state index in [4.69, 9.17) is 0 Å². The quantitative estimate of drug-likeness (QED) is 0.751. The molecule has 0 aliphatic carbocycles.